The summed E-state index contributed by atoms with van der Waals surface area (Å²) in [6, 6.07) is 0. The van der Waals surface area contributed by atoms with E-state index in [1.54, 1.807) is 0 Å². The normalized spacial score (nSPS) is 14.6. The molecule has 0 saturated heterocycles. The molecule has 0 aromatic carbocycles. The summed E-state index contributed by atoms with van der Waals surface area (Å²) in [6.45, 7) is 0.857. The number of hydrogen-bond acceptors (Lipinski definition) is 3. The molecule has 1 amide bonds. The smallest absolute Gasteiger partial charge is 0.233 e. The standard InChI is InChI=1S/C11H18N4O/c12-14-11(16)6-3-7-15-8-13-9-4-1-2-5-10(9)15/h8H,1-7,12H2,(H,14,16). The lowest BCUT2D eigenvalue weighted by molar-refractivity contribution is -0.121. The Morgan fingerprint density at radius 1 is 1.50 bits per heavy atom. The molecule has 0 saturated carbocycles. The van der Waals surface area contributed by atoms with E-state index in [1.807, 2.05) is 6.33 Å². The topological polar surface area (TPSA) is 72.9 Å². The van der Waals surface area contributed by atoms with Crippen molar-refractivity contribution in [3.05, 3.63) is 17.7 Å². The van der Waals surface area contributed by atoms with Crippen LogP contribution in [0.25, 0.3) is 0 Å². The zero-order valence-corrected chi connectivity index (χ0v) is 9.41. The maximum atomic E-state index is 11.0. The molecule has 0 bridgehead atoms. The molecule has 88 valence electrons. The van der Waals surface area contributed by atoms with Gasteiger partial charge in [0.1, 0.15) is 0 Å². The molecule has 3 N–H and O–H groups in total. The predicted octanol–water partition coefficient (Wildman–Crippen LogP) is 0.532. The van der Waals surface area contributed by atoms with Gasteiger partial charge in [-0.25, -0.2) is 10.8 Å². The van der Waals surface area contributed by atoms with Crippen molar-refractivity contribution in [1.82, 2.24) is 15.0 Å². The number of nitrogens with one attached hydrogen (secondary N) is 1. The first-order chi connectivity index (χ1) is 7.81. The summed E-state index contributed by atoms with van der Waals surface area (Å²) in [5, 5.41) is 0. The number of fused-ring (bicyclic) bond motifs is 1. The Morgan fingerprint density at radius 3 is 3.12 bits per heavy atom. The number of carbonyl (C=O) groups is 1. The van der Waals surface area contributed by atoms with Crippen LogP contribution in [-0.4, -0.2) is 15.5 Å². The van der Waals surface area contributed by atoms with Gasteiger partial charge in [0.25, 0.3) is 0 Å². The fourth-order valence-corrected chi connectivity index (χ4v) is 2.21. The Balaban J connectivity index is 1.89. The molecule has 0 aliphatic heterocycles. The lowest BCUT2D eigenvalue weighted by Crippen LogP contribution is -2.29. The van der Waals surface area contributed by atoms with Gasteiger partial charge in [-0.05, 0) is 32.1 Å². The molecular weight excluding hydrogens is 204 g/mol. The van der Waals surface area contributed by atoms with Gasteiger partial charge in [0.15, 0.2) is 0 Å². The minimum atomic E-state index is -0.103. The Labute approximate surface area is 95.0 Å². The van der Waals surface area contributed by atoms with E-state index in [9.17, 15) is 4.79 Å². The number of rotatable bonds is 4. The number of aryl methyl sites for hydroxylation is 2. The third kappa shape index (κ3) is 2.41. The summed E-state index contributed by atoms with van der Waals surface area (Å²) in [4.78, 5) is 15.4. The van der Waals surface area contributed by atoms with Crippen LogP contribution in [0.5, 0.6) is 0 Å². The van der Waals surface area contributed by atoms with Crippen molar-refractivity contribution in [3.63, 3.8) is 0 Å². The number of imidazole rings is 1. The summed E-state index contributed by atoms with van der Waals surface area (Å²) in [5.41, 5.74) is 4.75. The highest BCUT2D eigenvalue weighted by Crippen LogP contribution is 2.20. The molecule has 1 aromatic heterocycles. The first-order valence-electron chi connectivity index (χ1n) is 5.83. The average molecular weight is 222 g/mol. The van der Waals surface area contributed by atoms with Crippen LogP contribution in [0.15, 0.2) is 6.33 Å². The van der Waals surface area contributed by atoms with Crippen molar-refractivity contribution < 1.29 is 4.79 Å². The van der Waals surface area contributed by atoms with Crippen LogP contribution in [0, 0.1) is 0 Å². The van der Waals surface area contributed by atoms with E-state index in [1.165, 1.54) is 24.2 Å². The number of hydrazine groups is 1. The van der Waals surface area contributed by atoms with Crippen LogP contribution >= 0.6 is 0 Å². The average Bonchev–Trinajstić information content (AvgIpc) is 2.73. The third-order valence-corrected chi connectivity index (χ3v) is 3.07. The molecule has 1 aliphatic rings. The largest absolute Gasteiger partial charge is 0.334 e. The van der Waals surface area contributed by atoms with Crippen molar-refractivity contribution in [2.24, 2.45) is 5.84 Å². The quantitative estimate of drug-likeness (QED) is 0.443. The van der Waals surface area contributed by atoms with Crippen molar-refractivity contribution in [2.45, 2.75) is 45.1 Å². The molecule has 0 unspecified atom stereocenters. The zero-order valence-electron chi connectivity index (χ0n) is 9.41. The van der Waals surface area contributed by atoms with Crippen LogP contribution < -0.4 is 11.3 Å². The van der Waals surface area contributed by atoms with Crippen molar-refractivity contribution in [1.29, 1.82) is 0 Å². The van der Waals surface area contributed by atoms with E-state index in [4.69, 9.17) is 5.84 Å². The second kappa shape index (κ2) is 5.12. The molecule has 5 heteroatoms. The molecule has 16 heavy (non-hydrogen) atoms. The molecule has 0 spiro atoms. The number of aromatic nitrogens is 2. The Kier molecular flexibility index (Phi) is 3.56. The number of amides is 1. The second-order valence-electron chi connectivity index (χ2n) is 4.21. The van der Waals surface area contributed by atoms with E-state index in [0.29, 0.717) is 6.42 Å². The first-order valence-corrected chi connectivity index (χ1v) is 5.83. The highest BCUT2D eigenvalue weighted by Gasteiger charge is 2.14. The molecular formula is C11H18N4O. The van der Waals surface area contributed by atoms with Gasteiger partial charge in [0, 0.05) is 18.7 Å². The summed E-state index contributed by atoms with van der Waals surface area (Å²) >= 11 is 0. The van der Waals surface area contributed by atoms with Crippen LogP contribution in [0.3, 0.4) is 0 Å². The van der Waals surface area contributed by atoms with Crippen LogP contribution in [0.4, 0.5) is 0 Å². The van der Waals surface area contributed by atoms with Crippen LogP contribution in [-0.2, 0) is 24.2 Å². The predicted molar refractivity (Wildman–Crippen MR) is 60.4 cm³/mol. The van der Waals surface area contributed by atoms with E-state index in [-0.39, 0.29) is 5.91 Å². The summed E-state index contributed by atoms with van der Waals surface area (Å²) < 4.78 is 2.18. The Bertz CT molecular complexity index is 372. The molecule has 2 rings (SSSR count). The van der Waals surface area contributed by atoms with Gasteiger partial charge in [-0.3, -0.25) is 10.2 Å². The monoisotopic (exact) mass is 222 g/mol. The Hall–Kier alpha value is -1.36. The SMILES string of the molecule is NNC(=O)CCCn1cnc2c1CCCC2. The molecule has 1 aliphatic carbocycles. The highest BCUT2D eigenvalue weighted by molar-refractivity contribution is 5.75. The second-order valence-corrected chi connectivity index (χ2v) is 4.21. The van der Waals surface area contributed by atoms with E-state index < -0.39 is 0 Å². The van der Waals surface area contributed by atoms with Gasteiger partial charge in [0.05, 0.1) is 12.0 Å². The molecule has 1 heterocycles. The minimum Gasteiger partial charge on any atom is -0.334 e. The lowest BCUT2D eigenvalue weighted by atomic mass is 10.0. The van der Waals surface area contributed by atoms with Crippen molar-refractivity contribution in [3.8, 4) is 0 Å². The van der Waals surface area contributed by atoms with Gasteiger partial charge in [0.2, 0.25) is 5.91 Å². The highest BCUT2D eigenvalue weighted by atomic mass is 16.2. The summed E-state index contributed by atoms with van der Waals surface area (Å²) in [7, 11) is 0. The number of nitrogens with zero attached hydrogens (tertiary/aromatic N) is 2. The maximum absolute atomic E-state index is 11.0. The van der Waals surface area contributed by atoms with Crippen molar-refractivity contribution >= 4 is 5.91 Å². The van der Waals surface area contributed by atoms with Gasteiger partial charge in [-0.1, -0.05) is 0 Å². The van der Waals surface area contributed by atoms with Gasteiger partial charge < -0.3 is 4.57 Å². The van der Waals surface area contributed by atoms with Gasteiger partial charge in [-0.2, -0.15) is 0 Å². The van der Waals surface area contributed by atoms with E-state index >= 15 is 0 Å². The summed E-state index contributed by atoms with van der Waals surface area (Å²) in [6.07, 6.45) is 7.91. The first kappa shape index (κ1) is 11.1. The summed E-state index contributed by atoms with van der Waals surface area (Å²) in [5.74, 6) is 4.92. The third-order valence-electron chi connectivity index (χ3n) is 3.07. The molecule has 1 aromatic rings. The van der Waals surface area contributed by atoms with Crippen LogP contribution in [0.2, 0.25) is 0 Å². The molecule has 0 radical (unpaired) electrons. The Morgan fingerprint density at radius 2 is 2.31 bits per heavy atom. The van der Waals surface area contributed by atoms with E-state index in [2.05, 4.69) is 15.0 Å². The minimum absolute atomic E-state index is 0.103. The maximum Gasteiger partial charge on any atom is 0.233 e. The van der Waals surface area contributed by atoms with Crippen molar-refractivity contribution in [2.75, 3.05) is 0 Å². The fourth-order valence-electron chi connectivity index (χ4n) is 2.21. The number of carbonyl (C=O) groups excluding carboxylic acids is 1. The molecule has 0 fully saturated rings. The van der Waals surface area contributed by atoms with Gasteiger partial charge in [-0.15, -0.1) is 0 Å². The fraction of sp³-hybridized carbons (Fsp3) is 0.636. The van der Waals surface area contributed by atoms with Crippen LogP contribution in [0.1, 0.15) is 37.1 Å². The number of nitrogens with two attached hydrogens (primary N) is 1. The van der Waals surface area contributed by atoms with Gasteiger partial charge >= 0.3 is 0 Å². The van der Waals surface area contributed by atoms with E-state index in [0.717, 1.165) is 25.8 Å². The number of hydrogen-bond donors (Lipinski definition) is 2. The molecule has 0 atom stereocenters. The lowest BCUT2D eigenvalue weighted by Gasteiger charge is -2.13. The molecule has 5 nitrogen and oxygen atoms in total. The zero-order chi connectivity index (χ0) is 11.4.